The van der Waals surface area contributed by atoms with Gasteiger partial charge in [-0.1, -0.05) is 23.7 Å². The van der Waals surface area contributed by atoms with E-state index in [1.807, 2.05) is 12.1 Å². The van der Waals surface area contributed by atoms with Crippen molar-refractivity contribution < 1.29 is 9.90 Å². The second kappa shape index (κ2) is 6.21. The fourth-order valence-electron chi connectivity index (χ4n) is 2.15. The minimum Gasteiger partial charge on any atom is -0.481 e. The first-order chi connectivity index (χ1) is 8.66. The first-order valence-electron chi connectivity index (χ1n) is 6.37. The molecule has 1 atom stereocenters. The zero-order chi connectivity index (χ0) is 13.0. The maximum atomic E-state index is 10.5. The SMILES string of the molecule is O=C(O)CCCNC(c1ccc(Cl)cc1)C1CC1. The molecule has 0 spiro atoms. The van der Waals surface area contributed by atoms with E-state index in [-0.39, 0.29) is 6.42 Å². The second-order valence-corrected chi connectivity index (χ2v) is 5.25. The van der Waals surface area contributed by atoms with E-state index in [2.05, 4.69) is 17.4 Å². The Bertz CT molecular complexity index is 401. The number of hydrogen-bond acceptors (Lipinski definition) is 2. The minimum atomic E-state index is -0.730. The van der Waals surface area contributed by atoms with Gasteiger partial charge >= 0.3 is 5.97 Å². The summed E-state index contributed by atoms with van der Waals surface area (Å²) in [5, 5.41) is 12.8. The third-order valence-corrected chi connectivity index (χ3v) is 3.51. The van der Waals surface area contributed by atoms with Crippen LogP contribution in [0.4, 0.5) is 0 Å². The number of hydrogen-bond donors (Lipinski definition) is 2. The molecule has 1 aromatic carbocycles. The minimum absolute atomic E-state index is 0.227. The molecule has 98 valence electrons. The molecular formula is C14H18ClNO2. The van der Waals surface area contributed by atoms with Gasteiger partial charge in [-0.05, 0) is 49.4 Å². The molecule has 3 nitrogen and oxygen atoms in total. The van der Waals surface area contributed by atoms with Gasteiger partial charge in [0.15, 0.2) is 0 Å². The van der Waals surface area contributed by atoms with Crippen LogP contribution in [-0.4, -0.2) is 17.6 Å². The van der Waals surface area contributed by atoms with Crippen LogP contribution in [0, 0.1) is 5.92 Å². The summed E-state index contributed by atoms with van der Waals surface area (Å²) in [6.07, 6.45) is 3.40. The van der Waals surface area contributed by atoms with Crippen LogP contribution in [0.3, 0.4) is 0 Å². The molecule has 0 aliphatic heterocycles. The number of nitrogens with one attached hydrogen (secondary N) is 1. The first-order valence-corrected chi connectivity index (χ1v) is 6.75. The Morgan fingerprint density at radius 1 is 1.39 bits per heavy atom. The molecule has 0 bridgehead atoms. The van der Waals surface area contributed by atoms with Crippen LogP contribution in [-0.2, 0) is 4.79 Å². The highest BCUT2D eigenvalue weighted by atomic mass is 35.5. The maximum Gasteiger partial charge on any atom is 0.303 e. The van der Waals surface area contributed by atoms with Crippen molar-refractivity contribution in [3.8, 4) is 0 Å². The quantitative estimate of drug-likeness (QED) is 0.746. The molecule has 0 amide bonds. The van der Waals surface area contributed by atoms with Crippen molar-refractivity contribution in [2.24, 2.45) is 5.92 Å². The summed E-state index contributed by atoms with van der Waals surface area (Å²) >= 11 is 5.89. The van der Waals surface area contributed by atoms with E-state index in [1.54, 1.807) is 0 Å². The Morgan fingerprint density at radius 2 is 2.06 bits per heavy atom. The van der Waals surface area contributed by atoms with Crippen LogP contribution in [0.15, 0.2) is 24.3 Å². The van der Waals surface area contributed by atoms with Gasteiger partial charge in [0.2, 0.25) is 0 Å². The average Bonchev–Trinajstić information content (AvgIpc) is 3.15. The number of carbonyl (C=O) groups is 1. The number of rotatable bonds is 7. The molecule has 4 heteroatoms. The lowest BCUT2D eigenvalue weighted by Gasteiger charge is -2.18. The van der Waals surface area contributed by atoms with E-state index >= 15 is 0 Å². The van der Waals surface area contributed by atoms with Crippen molar-refractivity contribution in [1.82, 2.24) is 5.32 Å². The predicted octanol–water partition coefficient (Wildman–Crippen LogP) is 3.25. The third kappa shape index (κ3) is 4.00. The molecule has 1 aromatic rings. The summed E-state index contributed by atoms with van der Waals surface area (Å²) in [5.74, 6) is -0.0396. The van der Waals surface area contributed by atoms with Crippen LogP contribution < -0.4 is 5.32 Å². The van der Waals surface area contributed by atoms with E-state index in [0.29, 0.717) is 18.4 Å². The fraction of sp³-hybridized carbons (Fsp3) is 0.500. The Labute approximate surface area is 112 Å². The summed E-state index contributed by atoms with van der Waals surface area (Å²) in [6, 6.07) is 8.26. The molecule has 0 heterocycles. The largest absolute Gasteiger partial charge is 0.481 e. The van der Waals surface area contributed by atoms with Crippen molar-refractivity contribution in [3.05, 3.63) is 34.9 Å². The van der Waals surface area contributed by atoms with Gasteiger partial charge in [0.05, 0.1) is 0 Å². The van der Waals surface area contributed by atoms with Gasteiger partial charge in [0, 0.05) is 17.5 Å². The number of carboxylic acids is 1. The van der Waals surface area contributed by atoms with E-state index in [1.165, 1.54) is 18.4 Å². The molecule has 0 radical (unpaired) electrons. The molecule has 0 aromatic heterocycles. The third-order valence-electron chi connectivity index (χ3n) is 3.25. The molecular weight excluding hydrogens is 250 g/mol. The zero-order valence-corrected chi connectivity index (χ0v) is 11.0. The van der Waals surface area contributed by atoms with E-state index < -0.39 is 5.97 Å². The lowest BCUT2D eigenvalue weighted by molar-refractivity contribution is -0.137. The normalized spacial score (nSPS) is 16.5. The zero-order valence-electron chi connectivity index (χ0n) is 10.2. The van der Waals surface area contributed by atoms with Crippen molar-refractivity contribution in [2.75, 3.05) is 6.54 Å². The lowest BCUT2D eigenvalue weighted by atomic mass is 10.0. The summed E-state index contributed by atoms with van der Waals surface area (Å²) in [4.78, 5) is 10.5. The summed E-state index contributed by atoms with van der Waals surface area (Å²) in [6.45, 7) is 0.746. The fourth-order valence-corrected chi connectivity index (χ4v) is 2.28. The van der Waals surface area contributed by atoms with Crippen LogP contribution in [0.1, 0.15) is 37.3 Å². The van der Waals surface area contributed by atoms with Crippen LogP contribution in [0.2, 0.25) is 5.02 Å². The molecule has 1 fully saturated rings. The molecule has 18 heavy (non-hydrogen) atoms. The van der Waals surface area contributed by atoms with Gasteiger partial charge in [-0.2, -0.15) is 0 Å². The first kappa shape index (κ1) is 13.4. The van der Waals surface area contributed by atoms with Gasteiger partial charge in [-0.25, -0.2) is 0 Å². The molecule has 1 unspecified atom stereocenters. The Kier molecular flexibility index (Phi) is 4.61. The number of benzene rings is 1. The molecule has 2 N–H and O–H groups in total. The smallest absolute Gasteiger partial charge is 0.303 e. The van der Waals surface area contributed by atoms with Crippen LogP contribution >= 0.6 is 11.6 Å². The highest BCUT2D eigenvalue weighted by Gasteiger charge is 2.31. The topological polar surface area (TPSA) is 49.3 Å². The van der Waals surface area contributed by atoms with E-state index in [9.17, 15) is 4.79 Å². The molecule has 2 rings (SSSR count). The van der Waals surface area contributed by atoms with Crippen LogP contribution in [0.5, 0.6) is 0 Å². The Hall–Kier alpha value is -1.06. The van der Waals surface area contributed by atoms with Crippen molar-refractivity contribution >= 4 is 17.6 Å². The maximum absolute atomic E-state index is 10.5. The standard InChI is InChI=1S/C14H18ClNO2/c15-12-7-5-11(6-8-12)14(10-3-4-10)16-9-1-2-13(17)18/h5-8,10,14,16H,1-4,9H2,(H,17,18). The Balaban J connectivity index is 1.88. The average molecular weight is 268 g/mol. The van der Waals surface area contributed by atoms with E-state index in [0.717, 1.165) is 11.6 Å². The van der Waals surface area contributed by atoms with Gasteiger partial charge in [0.1, 0.15) is 0 Å². The number of aliphatic carboxylic acids is 1. The number of halogens is 1. The van der Waals surface area contributed by atoms with Crippen molar-refractivity contribution in [2.45, 2.75) is 31.7 Å². The summed E-state index contributed by atoms with van der Waals surface area (Å²) < 4.78 is 0. The van der Waals surface area contributed by atoms with Crippen LogP contribution in [0.25, 0.3) is 0 Å². The summed E-state index contributed by atoms with van der Waals surface area (Å²) in [7, 11) is 0. The van der Waals surface area contributed by atoms with Gasteiger partial charge in [0.25, 0.3) is 0 Å². The second-order valence-electron chi connectivity index (χ2n) is 4.82. The monoisotopic (exact) mass is 267 g/mol. The predicted molar refractivity (Wildman–Crippen MR) is 71.8 cm³/mol. The highest BCUT2D eigenvalue weighted by Crippen LogP contribution is 2.41. The molecule has 1 saturated carbocycles. The van der Waals surface area contributed by atoms with Crippen molar-refractivity contribution in [3.63, 3.8) is 0 Å². The van der Waals surface area contributed by atoms with Crippen molar-refractivity contribution in [1.29, 1.82) is 0 Å². The Morgan fingerprint density at radius 3 is 2.61 bits per heavy atom. The van der Waals surface area contributed by atoms with Gasteiger partial charge in [-0.15, -0.1) is 0 Å². The molecule has 1 aliphatic carbocycles. The van der Waals surface area contributed by atoms with Gasteiger partial charge in [-0.3, -0.25) is 4.79 Å². The van der Waals surface area contributed by atoms with E-state index in [4.69, 9.17) is 16.7 Å². The summed E-state index contributed by atoms with van der Waals surface area (Å²) in [5.41, 5.74) is 1.25. The van der Waals surface area contributed by atoms with Gasteiger partial charge < -0.3 is 10.4 Å². The highest BCUT2D eigenvalue weighted by molar-refractivity contribution is 6.30. The molecule has 0 saturated heterocycles. The number of carboxylic acid groups (broad SMARTS) is 1. The lowest BCUT2D eigenvalue weighted by Crippen LogP contribution is -2.24. The molecule has 1 aliphatic rings.